The molecule has 0 saturated heterocycles. The quantitative estimate of drug-likeness (QED) is 0.880. The SMILES string of the molecule is CCC(C)c1noc(-c2cnc(C3(N)CCC3)[nH]2)n1. The van der Waals surface area contributed by atoms with Crippen molar-refractivity contribution in [3.05, 3.63) is 17.8 Å². The summed E-state index contributed by atoms with van der Waals surface area (Å²) in [5.74, 6) is 2.33. The summed E-state index contributed by atoms with van der Waals surface area (Å²) in [4.78, 5) is 12.0. The summed E-state index contributed by atoms with van der Waals surface area (Å²) in [5, 5.41) is 4.00. The predicted molar refractivity (Wildman–Crippen MR) is 70.3 cm³/mol. The van der Waals surface area contributed by atoms with E-state index in [0.717, 1.165) is 43.0 Å². The molecule has 3 N–H and O–H groups in total. The predicted octanol–water partition coefficient (Wildman–Crippen LogP) is 2.31. The van der Waals surface area contributed by atoms with Gasteiger partial charge in [-0.3, -0.25) is 0 Å². The first-order chi connectivity index (χ1) is 9.12. The fourth-order valence-electron chi connectivity index (χ4n) is 2.20. The molecule has 1 saturated carbocycles. The van der Waals surface area contributed by atoms with Gasteiger partial charge in [0, 0.05) is 5.92 Å². The highest BCUT2D eigenvalue weighted by molar-refractivity contribution is 5.45. The number of H-pyrrole nitrogens is 1. The maximum Gasteiger partial charge on any atom is 0.275 e. The van der Waals surface area contributed by atoms with Crippen LogP contribution in [0.5, 0.6) is 0 Å². The van der Waals surface area contributed by atoms with Gasteiger partial charge in [0.05, 0.1) is 11.7 Å². The Morgan fingerprint density at radius 1 is 1.53 bits per heavy atom. The van der Waals surface area contributed by atoms with Crippen molar-refractivity contribution in [2.45, 2.75) is 51.0 Å². The lowest BCUT2D eigenvalue weighted by Crippen LogP contribution is -2.44. The van der Waals surface area contributed by atoms with E-state index in [4.69, 9.17) is 10.3 Å². The molecule has 1 atom stereocenters. The minimum absolute atomic E-state index is 0.294. The normalized spacial score (nSPS) is 19.1. The Balaban J connectivity index is 1.84. The van der Waals surface area contributed by atoms with Gasteiger partial charge in [-0.25, -0.2) is 4.98 Å². The van der Waals surface area contributed by atoms with Crippen molar-refractivity contribution < 1.29 is 4.52 Å². The second kappa shape index (κ2) is 4.45. The third-order valence-electron chi connectivity index (χ3n) is 4.02. The molecule has 0 bridgehead atoms. The second-order valence-corrected chi connectivity index (χ2v) is 5.42. The molecule has 0 aromatic carbocycles. The van der Waals surface area contributed by atoms with E-state index in [0.29, 0.717) is 11.8 Å². The van der Waals surface area contributed by atoms with Crippen LogP contribution >= 0.6 is 0 Å². The average molecular weight is 261 g/mol. The average Bonchev–Trinajstić information content (AvgIpc) is 3.03. The standard InChI is InChI=1S/C13H19N5O/c1-3-8(2)10-17-11(19-18-10)9-7-15-12(16-9)13(14)5-4-6-13/h7-8H,3-6,14H2,1-2H3,(H,15,16). The number of aromatic nitrogens is 4. The van der Waals surface area contributed by atoms with Gasteiger partial charge in [0.15, 0.2) is 5.82 Å². The molecule has 3 rings (SSSR count). The van der Waals surface area contributed by atoms with Crippen molar-refractivity contribution in [2.24, 2.45) is 5.73 Å². The monoisotopic (exact) mass is 261 g/mol. The zero-order valence-corrected chi connectivity index (χ0v) is 11.3. The lowest BCUT2D eigenvalue weighted by atomic mass is 9.77. The van der Waals surface area contributed by atoms with Gasteiger partial charge in [-0.15, -0.1) is 0 Å². The first-order valence-corrected chi connectivity index (χ1v) is 6.81. The molecule has 1 aliphatic rings. The van der Waals surface area contributed by atoms with Gasteiger partial charge in [-0.2, -0.15) is 4.98 Å². The number of aromatic amines is 1. The van der Waals surface area contributed by atoms with E-state index < -0.39 is 0 Å². The molecule has 2 heterocycles. The maximum atomic E-state index is 6.23. The zero-order chi connectivity index (χ0) is 13.5. The zero-order valence-electron chi connectivity index (χ0n) is 11.3. The van der Waals surface area contributed by atoms with Crippen LogP contribution in [0.1, 0.15) is 57.1 Å². The molecule has 102 valence electrons. The molecule has 6 nitrogen and oxygen atoms in total. The molecule has 2 aromatic heterocycles. The second-order valence-electron chi connectivity index (χ2n) is 5.42. The van der Waals surface area contributed by atoms with E-state index in [9.17, 15) is 0 Å². The van der Waals surface area contributed by atoms with Gasteiger partial charge in [-0.1, -0.05) is 19.0 Å². The molecular formula is C13H19N5O. The molecule has 2 aromatic rings. The van der Waals surface area contributed by atoms with Gasteiger partial charge >= 0.3 is 0 Å². The summed E-state index contributed by atoms with van der Waals surface area (Å²) >= 11 is 0. The van der Waals surface area contributed by atoms with Gasteiger partial charge in [-0.05, 0) is 25.7 Å². The van der Waals surface area contributed by atoms with E-state index in [1.807, 2.05) is 0 Å². The Bertz CT molecular complexity index is 569. The van der Waals surface area contributed by atoms with Crippen molar-refractivity contribution in [1.82, 2.24) is 20.1 Å². The van der Waals surface area contributed by atoms with Crippen molar-refractivity contribution in [2.75, 3.05) is 0 Å². The number of hydrogen-bond donors (Lipinski definition) is 2. The Hall–Kier alpha value is -1.69. The molecule has 0 aliphatic heterocycles. The Kier molecular flexibility index (Phi) is 2.89. The van der Waals surface area contributed by atoms with E-state index in [-0.39, 0.29) is 5.54 Å². The minimum Gasteiger partial charge on any atom is -0.336 e. The highest BCUT2D eigenvalue weighted by Crippen LogP contribution is 2.37. The summed E-state index contributed by atoms with van der Waals surface area (Å²) in [6.45, 7) is 4.18. The molecule has 6 heteroatoms. The summed E-state index contributed by atoms with van der Waals surface area (Å²) in [6.07, 6.45) is 5.81. The van der Waals surface area contributed by atoms with Crippen molar-refractivity contribution in [1.29, 1.82) is 0 Å². The maximum absolute atomic E-state index is 6.23. The number of rotatable bonds is 4. The van der Waals surface area contributed by atoms with Crippen molar-refractivity contribution in [3.8, 4) is 11.6 Å². The van der Waals surface area contributed by atoms with Crippen molar-refractivity contribution >= 4 is 0 Å². The fourth-order valence-corrected chi connectivity index (χ4v) is 2.20. The largest absolute Gasteiger partial charge is 0.336 e. The smallest absolute Gasteiger partial charge is 0.275 e. The molecular weight excluding hydrogens is 242 g/mol. The van der Waals surface area contributed by atoms with Crippen LogP contribution in [0.15, 0.2) is 10.7 Å². The third-order valence-corrected chi connectivity index (χ3v) is 4.02. The fraction of sp³-hybridized carbons (Fsp3) is 0.615. The first-order valence-electron chi connectivity index (χ1n) is 6.81. The molecule has 1 unspecified atom stereocenters. The van der Waals surface area contributed by atoms with E-state index in [2.05, 4.69) is 34.0 Å². The first kappa shape index (κ1) is 12.3. The number of hydrogen-bond acceptors (Lipinski definition) is 5. The highest BCUT2D eigenvalue weighted by atomic mass is 16.5. The third kappa shape index (κ3) is 2.06. The number of nitrogens with one attached hydrogen (secondary N) is 1. The van der Waals surface area contributed by atoms with Crippen LogP contribution in [-0.4, -0.2) is 20.1 Å². The van der Waals surface area contributed by atoms with Crippen LogP contribution in [0, 0.1) is 0 Å². The summed E-state index contributed by atoms with van der Waals surface area (Å²) < 4.78 is 5.28. The summed E-state index contributed by atoms with van der Waals surface area (Å²) in [6, 6.07) is 0. The van der Waals surface area contributed by atoms with Crippen LogP contribution in [0.3, 0.4) is 0 Å². The van der Waals surface area contributed by atoms with Gasteiger partial charge in [0.25, 0.3) is 5.89 Å². The molecule has 0 spiro atoms. The highest BCUT2D eigenvalue weighted by Gasteiger charge is 2.37. The Morgan fingerprint density at radius 2 is 2.32 bits per heavy atom. The topological polar surface area (TPSA) is 93.6 Å². The van der Waals surface area contributed by atoms with Gasteiger partial charge < -0.3 is 15.2 Å². The van der Waals surface area contributed by atoms with Crippen LogP contribution in [0.4, 0.5) is 0 Å². The van der Waals surface area contributed by atoms with Crippen LogP contribution < -0.4 is 5.73 Å². The summed E-state index contributed by atoms with van der Waals surface area (Å²) in [5.41, 5.74) is 6.68. The van der Waals surface area contributed by atoms with Crippen LogP contribution in [-0.2, 0) is 5.54 Å². The number of nitrogens with two attached hydrogens (primary N) is 1. The van der Waals surface area contributed by atoms with Crippen LogP contribution in [0.2, 0.25) is 0 Å². The van der Waals surface area contributed by atoms with Crippen molar-refractivity contribution in [3.63, 3.8) is 0 Å². The van der Waals surface area contributed by atoms with E-state index in [1.165, 1.54) is 0 Å². The van der Waals surface area contributed by atoms with Crippen LogP contribution in [0.25, 0.3) is 11.6 Å². The Morgan fingerprint density at radius 3 is 2.95 bits per heavy atom. The molecule has 1 fully saturated rings. The number of imidazole rings is 1. The van der Waals surface area contributed by atoms with E-state index >= 15 is 0 Å². The molecule has 19 heavy (non-hydrogen) atoms. The number of nitrogens with zero attached hydrogens (tertiary/aromatic N) is 3. The lowest BCUT2D eigenvalue weighted by molar-refractivity contribution is 0.240. The lowest BCUT2D eigenvalue weighted by Gasteiger charge is -2.35. The van der Waals surface area contributed by atoms with E-state index in [1.54, 1.807) is 6.20 Å². The molecule has 1 aliphatic carbocycles. The summed E-state index contributed by atoms with van der Waals surface area (Å²) in [7, 11) is 0. The Labute approximate surface area is 111 Å². The van der Waals surface area contributed by atoms with Gasteiger partial charge in [0.2, 0.25) is 0 Å². The molecule has 0 amide bonds. The van der Waals surface area contributed by atoms with Gasteiger partial charge in [0.1, 0.15) is 11.5 Å². The minimum atomic E-state index is -0.294. The molecule has 0 radical (unpaired) electrons.